The van der Waals surface area contributed by atoms with Crippen LogP contribution in [0.5, 0.6) is 0 Å². The first-order valence-corrected chi connectivity index (χ1v) is 31.1. The van der Waals surface area contributed by atoms with Crippen LogP contribution in [0, 0.1) is 0 Å². The molecule has 73 heavy (non-hydrogen) atoms. The molecule has 1 amide bonds. The van der Waals surface area contributed by atoms with E-state index >= 15 is 0 Å². The highest BCUT2D eigenvalue weighted by molar-refractivity contribution is 7.47. The monoisotopic (exact) mass is 1040 g/mol. The lowest BCUT2D eigenvalue weighted by molar-refractivity contribution is -0.870. The maximum Gasteiger partial charge on any atom is 0.472 e. The van der Waals surface area contributed by atoms with E-state index in [0.717, 1.165) is 103 Å². The van der Waals surface area contributed by atoms with E-state index in [-0.39, 0.29) is 37.9 Å². The first kappa shape index (κ1) is 69.9. The van der Waals surface area contributed by atoms with Crippen LogP contribution >= 0.6 is 7.82 Å². The van der Waals surface area contributed by atoms with Crippen LogP contribution in [0.1, 0.15) is 239 Å². The average molecular weight is 1040 g/mol. The van der Waals surface area contributed by atoms with E-state index in [1.54, 1.807) is 0 Å². The molecule has 0 rings (SSSR count). The molecule has 0 fully saturated rings. The number of hydrogen-bond acceptors (Lipinski definition) is 6. The van der Waals surface area contributed by atoms with Crippen molar-refractivity contribution in [1.29, 1.82) is 0 Å². The molecule has 420 valence electrons. The predicted octanol–water partition coefficient (Wildman–Crippen LogP) is 18.0. The third kappa shape index (κ3) is 53.6. The molecule has 0 bridgehead atoms. The van der Waals surface area contributed by atoms with E-state index in [1.807, 2.05) is 33.3 Å². The number of quaternary nitrogens is 1. The van der Waals surface area contributed by atoms with E-state index < -0.39 is 20.0 Å². The van der Waals surface area contributed by atoms with Gasteiger partial charge in [-0.1, -0.05) is 215 Å². The molecule has 3 unspecified atom stereocenters. The molecular weight excluding hydrogens is 928 g/mol. The van der Waals surface area contributed by atoms with Crippen LogP contribution in [-0.2, 0) is 27.9 Å². The third-order valence-corrected chi connectivity index (χ3v) is 13.5. The second-order valence-corrected chi connectivity index (χ2v) is 22.2. The number of carbonyl (C=O) groups excluding carboxylic acids is 2. The van der Waals surface area contributed by atoms with Crippen molar-refractivity contribution in [3.8, 4) is 0 Å². The van der Waals surface area contributed by atoms with Crippen molar-refractivity contribution in [2.75, 3.05) is 40.9 Å². The van der Waals surface area contributed by atoms with Gasteiger partial charge in [0.25, 0.3) is 0 Å². The molecule has 0 aromatic rings. The van der Waals surface area contributed by atoms with Crippen LogP contribution in [0.2, 0.25) is 0 Å². The molecule has 0 spiro atoms. The van der Waals surface area contributed by atoms with Gasteiger partial charge >= 0.3 is 13.8 Å². The number of hydrogen-bond donors (Lipinski definition) is 2. The van der Waals surface area contributed by atoms with Gasteiger partial charge in [-0.15, -0.1) is 0 Å². The fourth-order valence-corrected chi connectivity index (χ4v) is 8.67. The lowest BCUT2D eigenvalue weighted by Crippen LogP contribution is -2.47. The Morgan fingerprint density at radius 3 is 1.36 bits per heavy atom. The number of ether oxygens (including phenoxy) is 1. The first-order chi connectivity index (χ1) is 35.4. The van der Waals surface area contributed by atoms with E-state index in [9.17, 15) is 19.0 Å². The molecule has 10 heteroatoms. The Morgan fingerprint density at radius 2 is 0.877 bits per heavy atom. The zero-order valence-corrected chi connectivity index (χ0v) is 48.7. The summed E-state index contributed by atoms with van der Waals surface area (Å²) in [6.45, 7) is 6.83. The number of rotatable bonds is 52. The summed E-state index contributed by atoms with van der Waals surface area (Å²) in [5.41, 5.74) is 0. The summed E-state index contributed by atoms with van der Waals surface area (Å²) in [6.07, 6.45) is 69.8. The summed E-state index contributed by atoms with van der Waals surface area (Å²) in [4.78, 5) is 37.6. The second-order valence-electron chi connectivity index (χ2n) is 20.8. The number of nitrogens with one attached hydrogen (secondary N) is 1. The van der Waals surface area contributed by atoms with Gasteiger partial charge in [0.1, 0.15) is 19.3 Å². The number of phosphoric acid groups is 1. The summed E-state index contributed by atoms with van der Waals surface area (Å²) < 4.78 is 30.6. The Morgan fingerprint density at radius 1 is 0.493 bits per heavy atom. The molecule has 0 radical (unpaired) electrons. The van der Waals surface area contributed by atoms with Crippen LogP contribution < -0.4 is 5.32 Å². The van der Waals surface area contributed by atoms with Crippen molar-refractivity contribution in [2.24, 2.45) is 0 Å². The van der Waals surface area contributed by atoms with Crippen LogP contribution in [-0.4, -0.2) is 74.3 Å². The molecule has 0 aliphatic heterocycles. The standard InChI is InChI=1S/C63H111N2O7P/c1-7-10-13-16-19-22-25-27-29-30-31-32-33-34-36-37-40-43-46-49-52-55-62(66)64-60(59-71-73(68,69)70-58-57-65(4,5)6)61(54-51-48-45-42-39-24-21-18-15-12-9-3)72-63(67)56-53-50-47-44-41-38-35-28-26-23-20-17-14-11-8-2/h10,13,19,22-23,26-27,29,31-32,34,36,40,43,51,54,60-61H,7-9,11-12,14-18,20-21,24-25,28,30,33,35,37-39,41-42,44-50,52-53,55-59H2,1-6H3,(H-,64,66,68,69)/p+1/b13-10-,22-19-,26-23-,29-27-,32-31-,36-34-,43-40-,54-51-. The molecule has 0 aromatic carbocycles. The molecule has 9 nitrogen and oxygen atoms in total. The van der Waals surface area contributed by atoms with E-state index in [2.05, 4.69) is 111 Å². The highest BCUT2D eigenvalue weighted by Gasteiger charge is 2.30. The van der Waals surface area contributed by atoms with Crippen molar-refractivity contribution in [3.63, 3.8) is 0 Å². The van der Waals surface area contributed by atoms with Gasteiger partial charge in [-0.05, 0) is 109 Å². The number of phosphoric ester groups is 1. The van der Waals surface area contributed by atoms with Gasteiger partial charge in [0.05, 0.1) is 33.8 Å². The van der Waals surface area contributed by atoms with Crippen molar-refractivity contribution >= 4 is 19.7 Å². The maximum atomic E-state index is 13.5. The first-order valence-electron chi connectivity index (χ1n) is 29.6. The molecule has 2 N–H and O–H groups in total. The fourth-order valence-electron chi connectivity index (χ4n) is 7.94. The van der Waals surface area contributed by atoms with E-state index in [4.69, 9.17) is 13.8 Å². The largest absolute Gasteiger partial charge is 0.472 e. The Bertz CT molecular complexity index is 1570. The number of carbonyl (C=O) groups is 2. The number of nitrogens with zero attached hydrogens (tertiary/aromatic N) is 1. The summed E-state index contributed by atoms with van der Waals surface area (Å²) in [5, 5.41) is 3.02. The SMILES string of the molecule is CC/C=C\C/C=C\C/C=C\C/C=C\C/C=C\C/C=C\CCCCC(=O)NC(COP(=O)(O)OCC[N+](C)(C)C)C(/C=C\CCCCCCCCCCC)OC(=O)CCCCCCCCC/C=C\CCCCCC. The molecule has 0 aliphatic carbocycles. The Balaban J connectivity index is 5.36. The molecular formula is C63H112N2O7P+. The predicted molar refractivity (Wildman–Crippen MR) is 314 cm³/mol. The summed E-state index contributed by atoms with van der Waals surface area (Å²) in [7, 11) is 1.45. The fraction of sp³-hybridized carbons (Fsp3) is 0.714. The van der Waals surface area contributed by atoms with Gasteiger partial charge in [-0.25, -0.2) is 4.57 Å². The van der Waals surface area contributed by atoms with Crippen LogP contribution in [0.15, 0.2) is 97.2 Å². The normalized spacial score (nSPS) is 14.5. The number of amides is 1. The molecule has 0 saturated carbocycles. The maximum absolute atomic E-state index is 13.5. The lowest BCUT2D eigenvalue weighted by atomic mass is 10.1. The Labute approximate surface area is 449 Å². The van der Waals surface area contributed by atoms with Gasteiger partial charge < -0.3 is 19.4 Å². The lowest BCUT2D eigenvalue weighted by Gasteiger charge is -2.27. The van der Waals surface area contributed by atoms with Gasteiger partial charge in [0.15, 0.2) is 0 Å². The molecule has 0 aliphatic rings. The molecule has 0 heterocycles. The van der Waals surface area contributed by atoms with Crippen molar-refractivity contribution < 1.29 is 37.3 Å². The van der Waals surface area contributed by atoms with Crippen LogP contribution in [0.25, 0.3) is 0 Å². The van der Waals surface area contributed by atoms with Gasteiger partial charge in [0, 0.05) is 12.8 Å². The quantitative estimate of drug-likeness (QED) is 0.0205. The number of esters is 1. The average Bonchev–Trinajstić information content (AvgIpc) is 3.35. The van der Waals surface area contributed by atoms with E-state index in [1.165, 1.54) is 96.3 Å². The third-order valence-electron chi connectivity index (χ3n) is 12.5. The number of likely N-dealkylation sites (N-methyl/N-ethyl adjacent to an activating group) is 1. The van der Waals surface area contributed by atoms with Gasteiger partial charge in [0.2, 0.25) is 5.91 Å². The summed E-state index contributed by atoms with van der Waals surface area (Å²) >= 11 is 0. The minimum Gasteiger partial charge on any atom is -0.456 e. The molecule has 0 aromatic heterocycles. The van der Waals surface area contributed by atoms with Crippen molar-refractivity contribution in [1.82, 2.24) is 5.32 Å². The second kappa shape index (κ2) is 52.4. The molecule has 3 atom stereocenters. The number of allylic oxidation sites excluding steroid dienone is 15. The van der Waals surface area contributed by atoms with Crippen molar-refractivity contribution in [2.45, 2.75) is 251 Å². The van der Waals surface area contributed by atoms with E-state index in [0.29, 0.717) is 17.4 Å². The highest BCUT2D eigenvalue weighted by atomic mass is 31.2. The zero-order chi connectivity index (χ0) is 53.6. The Hall–Kier alpha value is -3.07. The summed E-state index contributed by atoms with van der Waals surface area (Å²) in [6, 6.07) is -0.877. The highest BCUT2D eigenvalue weighted by Crippen LogP contribution is 2.43. The zero-order valence-electron chi connectivity index (χ0n) is 47.8. The minimum atomic E-state index is -4.46. The van der Waals surface area contributed by atoms with Gasteiger partial charge in [-0.3, -0.25) is 18.6 Å². The number of unbranched alkanes of at least 4 members (excludes halogenated alkanes) is 22. The Kier molecular flexibility index (Phi) is 50.2. The summed E-state index contributed by atoms with van der Waals surface area (Å²) in [5.74, 6) is -0.567. The minimum absolute atomic E-state index is 0.0265. The van der Waals surface area contributed by atoms with Gasteiger partial charge in [-0.2, -0.15) is 0 Å². The van der Waals surface area contributed by atoms with Crippen molar-refractivity contribution in [3.05, 3.63) is 97.2 Å². The molecule has 0 saturated heterocycles. The van der Waals surface area contributed by atoms with Crippen LogP contribution in [0.4, 0.5) is 0 Å². The topological polar surface area (TPSA) is 111 Å². The van der Waals surface area contributed by atoms with Crippen LogP contribution in [0.3, 0.4) is 0 Å². The smallest absolute Gasteiger partial charge is 0.456 e.